The fourth-order valence-corrected chi connectivity index (χ4v) is 1.92. The Kier molecular flexibility index (Phi) is 3.42. The van der Waals surface area contributed by atoms with Crippen molar-refractivity contribution in [3.63, 3.8) is 0 Å². The standard InChI is InChI=1S/C9H14N2OS/c1-6(12)4-3-5-8-7(2)13-9(10)11-8/h3-5H2,1-2H3,(H2,10,11). The minimum atomic E-state index is 0.237. The first-order valence-electron chi connectivity index (χ1n) is 4.31. The monoisotopic (exact) mass is 198 g/mol. The number of nitrogens with zero attached hydrogens (tertiary/aromatic N) is 1. The number of thiazole rings is 1. The summed E-state index contributed by atoms with van der Waals surface area (Å²) in [5.41, 5.74) is 6.60. The van der Waals surface area contributed by atoms with Crippen LogP contribution in [0.5, 0.6) is 0 Å². The Morgan fingerprint density at radius 3 is 2.77 bits per heavy atom. The van der Waals surface area contributed by atoms with Gasteiger partial charge in [0.15, 0.2) is 5.13 Å². The van der Waals surface area contributed by atoms with Crippen molar-refractivity contribution in [2.75, 3.05) is 5.73 Å². The second kappa shape index (κ2) is 4.37. The molecule has 1 aromatic rings. The lowest BCUT2D eigenvalue weighted by molar-refractivity contribution is -0.117. The van der Waals surface area contributed by atoms with E-state index < -0.39 is 0 Å². The minimum absolute atomic E-state index is 0.237. The van der Waals surface area contributed by atoms with Crippen LogP contribution in [0.3, 0.4) is 0 Å². The third-order valence-corrected chi connectivity index (χ3v) is 2.69. The summed E-state index contributed by atoms with van der Waals surface area (Å²) in [7, 11) is 0. The van der Waals surface area contributed by atoms with Crippen LogP contribution in [0, 0.1) is 6.92 Å². The van der Waals surface area contributed by atoms with Crippen molar-refractivity contribution in [2.24, 2.45) is 0 Å². The molecule has 0 unspecified atom stereocenters. The van der Waals surface area contributed by atoms with E-state index in [-0.39, 0.29) is 5.78 Å². The summed E-state index contributed by atoms with van der Waals surface area (Å²) in [6, 6.07) is 0. The zero-order valence-corrected chi connectivity index (χ0v) is 8.78. The van der Waals surface area contributed by atoms with Gasteiger partial charge in [-0.3, -0.25) is 0 Å². The molecule has 0 saturated carbocycles. The van der Waals surface area contributed by atoms with Gasteiger partial charge in [0.05, 0.1) is 5.69 Å². The average molecular weight is 198 g/mol. The molecule has 0 radical (unpaired) electrons. The Morgan fingerprint density at radius 1 is 1.62 bits per heavy atom. The number of carbonyl (C=O) groups excluding carboxylic acids is 1. The number of hydrogen-bond donors (Lipinski definition) is 1. The largest absolute Gasteiger partial charge is 0.375 e. The second-order valence-electron chi connectivity index (χ2n) is 3.11. The van der Waals surface area contributed by atoms with E-state index in [9.17, 15) is 4.79 Å². The molecule has 0 aliphatic rings. The third-order valence-electron chi connectivity index (χ3n) is 1.85. The predicted molar refractivity (Wildman–Crippen MR) is 54.9 cm³/mol. The highest BCUT2D eigenvalue weighted by Crippen LogP contribution is 2.20. The van der Waals surface area contributed by atoms with Crippen molar-refractivity contribution in [3.8, 4) is 0 Å². The van der Waals surface area contributed by atoms with Gasteiger partial charge >= 0.3 is 0 Å². The van der Waals surface area contributed by atoms with Crippen molar-refractivity contribution in [2.45, 2.75) is 33.1 Å². The molecule has 2 N–H and O–H groups in total. The first-order valence-corrected chi connectivity index (χ1v) is 5.12. The maximum Gasteiger partial charge on any atom is 0.180 e. The van der Waals surface area contributed by atoms with Gasteiger partial charge in [-0.15, -0.1) is 11.3 Å². The van der Waals surface area contributed by atoms with Crippen molar-refractivity contribution < 1.29 is 4.79 Å². The fraction of sp³-hybridized carbons (Fsp3) is 0.556. The van der Waals surface area contributed by atoms with Crippen LogP contribution in [-0.4, -0.2) is 10.8 Å². The summed E-state index contributed by atoms with van der Waals surface area (Å²) >= 11 is 1.51. The van der Waals surface area contributed by atoms with Crippen molar-refractivity contribution in [1.29, 1.82) is 0 Å². The fourth-order valence-electron chi connectivity index (χ4n) is 1.19. The van der Waals surface area contributed by atoms with Crippen molar-refractivity contribution >= 4 is 22.3 Å². The number of hydrogen-bond acceptors (Lipinski definition) is 4. The van der Waals surface area contributed by atoms with Crippen molar-refractivity contribution in [3.05, 3.63) is 10.6 Å². The Bertz CT molecular complexity index is 307. The molecule has 1 rings (SSSR count). The number of aryl methyl sites for hydroxylation is 2. The quantitative estimate of drug-likeness (QED) is 0.804. The summed E-state index contributed by atoms with van der Waals surface area (Å²) in [6.07, 6.45) is 2.37. The maximum atomic E-state index is 10.7. The molecule has 3 nitrogen and oxygen atoms in total. The number of anilines is 1. The SMILES string of the molecule is CC(=O)CCCc1nc(N)sc1C. The number of aromatic nitrogens is 1. The molecule has 0 saturated heterocycles. The number of nitrogens with two attached hydrogens (primary N) is 1. The summed E-state index contributed by atoms with van der Waals surface area (Å²) < 4.78 is 0. The lowest BCUT2D eigenvalue weighted by atomic mass is 10.1. The van der Waals surface area contributed by atoms with Crippen LogP contribution in [0.4, 0.5) is 5.13 Å². The van der Waals surface area contributed by atoms with Crippen LogP contribution in [0.15, 0.2) is 0 Å². The van der Waals surface area contributed by atoms with E-state index in [0.29, 0.717) is 11.6 Å². The van der Waals surface area contributed by atoms with Crippen LogP contribution < -0.4 is 5.73 Å². The zero-order chi connectivity index (χ0) is 9.84. The molecule has 4 heteroatoms. The highest BCUT2D eigenvalue weighted by atomic mass is 32.1. The first-order chi connectivity index (χ1) is 6.09. The minimum Gasteiger partial charge on any atom is -0.375 e. The van der Waals surface area contributed by atoms with Crippen LogP contribution in [0.2, 0.25) is 0 Å². The topological polar surface area (TPSA) is 56.0 Å². The summed E-state index contributed by atoms with van der Waals surface area (Å²) in [5, 5.41) is 0.621. The highest BCUT2D eigenvalue weighted by molar-refractivity contribution is 7.15. The molecule has 0 atom stereocenters. The highest BCUT2D eigenvalue weighted by Gasteiger charge is 2.05. The molecule has 0 aromatic carbocycles. The maximum absolute atomic E-state index is 10.7. The normalized spacial score (nSPS) is 10.3. The van der Waals surface area contributed by atoms with Crippen LogP contribution in [0.25, 0.3) is 0 Å². The Labute approximate surface area is 82.0 Å². The van der Waals surface area contributed by atoms with Gasteiger partial charge < -0.3 is 10.5 Å². The molecule has 0 fully saturated rings. The molecule has 0 amide bonds. The van der Waals surface area contributed by atoms with Gasteiger partial charge in [0.25, 0.3) is 0 Å². The lowest BCUT2D eigenvalue weighted by Gasteiger charge is -1.95. The number of Topliss-reactive ketones (excluding diaryl/α,β-unsaturated/α-hetero) is 1. The summed E-state index contributed by atoms with van der Waals surface area (Å²) in [5.74, 6) is 0.237. The molecule has 1 heterocycles. The van der Waals surface area contributed by atoms with Gasteiger partial charge in [-0.05, 0) is 26.7 Å². The zero-order valence-electron chi connectivity index (χ0n) is 7.96. The molecular formula is C9H14N2OS. The number of carbonyl (C=O) groups is 1. The van der Waals surface area contributed by atoms with E-state index in [0.717, 1.165) is 18.5 Å². The average Bonchev–Trinajstić information content (AvgIpc) is 2.29. The Morgan fingerprint density at radius 2 is 2.31 bits per heavy atom. The van der Waals surface area contributed by atoms with Gasteiger partial charge in [-0.25, -0.2) is 4.98 Å². The van der Waals surface area contributed by atoms with Crippen LogP contribution in [0.1, 0.15) is 30.3 Å². The molecule has 72 valence electrons. The lowest BCUT2D eigenvalue weighted by Crippen LogP contribution is -1.94. The predicted octanol–water partition coefficient (Wildman–Crippen LogP) is 1.95. The molecule has 0 bridgehead atoms. The number of rotatable bonds is 4. The molecule has 0 aliphatic heterocycles. The van der Waals surface area contributed by atoms with E-state index in [1.165, 1.54) is 16.2 Å². The summed E-state index contributed by atoms with van der Waals surface area (Å²) in [6.45, 7) is 3.62. The smallest absolute Gasteiger partial charge is 0.180 e. The van der Waals surface area contributed by atoms with E-state index in [1.807, 2.05) is 6.92 Å². The third kappa shape index (κ3) is 3.14. The molecule has 1 aromatic heterocycles. The first kappa shape index (κ1) is 10.2. The van der Waals surface area contributed by atoms with E-state index in [4.69, 9.17) is 5.73 Å². The molecular weight excluding hydrogens is 184 g/mol. The van der Waals surface area contributed by atoms with Gasteiger partial charge in [-0.2, -0.15) is 0 Å². The summed E-state index contributed by atoms with van der Waals surface area (Å²) in [4.78, 5) is 16.0. The number of ketones is 1. The van der Waals surface area contributed by atoms with Gasteiger partial charge in [0.1, 0.15) is 5.78 Å². The number of nitrogen functional groups attached to an aromatic ring is 1. The van der Waals surface area contributed by atoms with Gasteiger partial charge in [0, 0.05) is 11.3 Å². The molecule has 0 spiro atoms. The molecule has 0 aliphatic carbocycles. The Hall–Kier alpha value is -0.900. The van der Waals surface area contributed by atoms with E-state index in [1.54, 1.807) is 6.92 Å². The van der Waals surface area contributed by atoms with Crippen molar-refractivity contribution in [1.82, 2.24) is 4.98 Å². The van der Waals surface area contributed by atoms with E-state index >= 15 is 0 Å². The van der Waals surface area contributed by atoms with Crippen LogP contribution in [-0.2, 0) is 11.2 Å². The van der Waals surface area contributed by atoms with E-state index in [2.05, 4.69) is 4.98 Å². The van der Waals surface area contributed by atoms with Gasteiger partial charge in [-0.1, -0.05) is 0 Å². The Balaban J connectivity index is 2.45. The second-order valence-corrected chi connectivity index (χ2v) is 4.35. The molecule has 13 heavy (non-hydrogen) atoms. The van der Waals surface area contributed by atoms with Gasteiger partial charge in [0.2, 0.25) is 0 Å². The van der Waals surface area contributed by atoms with Crippen LogP contribution >= 0.6 is 11.3 Å².